The lowest BCUT2D eigenvalue weighted by atomic mass is 10.3. The Balaban J connectivity index is 2.23. The van der Waals surface area contributed by atoms with Gasteiger partial charge in [-0.05, 0) is 12.1 Å². The van der Waals surface area contributed by atoms with Gasteiger partial charge < -0.3 is 15.2 Å². The molecule has 7 nitrogen and oxygen atoms in total. The number of nitrogens with two attached hydrogens (primary N) is 1. The van der Waals surface area contributed by atoms with Gasteiger partial charge in [-0.1, -0.05) is 0 Å². The second-order valence-electron chi connectivity index (χ2n) is 3.62. The van der Waals surface area contributed by atoms with Crippen LogP contribution in [0.15, 0.2) is 36.5 Å². The minimum absolute atomic E-state index is 0.100. The van der Waals surface area contributed by atoms with E-state index in [9.17, 15) is 10.1 Å². The van der Waals surface area contributed by atoms with Crippen molar-refractivity contribution in [3.63, 3.8) is 0 Å². The first kappa shape index (κ1) is 12.6. The van der Waals surface area contributed by atoms with E-state index in [4.69, 9.17) is 15.2 Å². The van der Waals surface area contributed by atoms with Crippen molar-refractivity contribution in [1.82, 2.24) is 4.98 Å². The minimum Gasteiger partial charge on any atom is -0.493 e. The molecule has 7 heteroatoms. The maximum atomic E-state index is 10.5. The number of benzene rings is 1. The van der Waals surface area contributed by atoms with Gasteiger partial charge in [0.25, 0.3) is 5.69 Å². The lowest BCUT2D eigenvalue weighted by Crippen LogP contribution is -1.95. The van der Waals surface area contributed by atoms with Crippen LogP contribution in [0.1, 0.15) is 0 Å². The number of anilines is 1. The smallest absolute Gasteiger partial charge is 0.287 e. The van der Waals surface area contributed by atoms with Crippen molar-refractivity contribution in [1.29, 1.82) is 0 Å². The fourth-order valence-corrected chi connectivity index (χ4v) is 1.42. The molecule has 98 valence electrons. The zero-order valence-corrected chi connectivity index (χ0v) is 10.1. The largest absolute Gasteiger partial charge is 0.493 e. The van der Waals surface area contributed by atoms with Crippen molar-refractivity contribution >= 4 is 11.4 Å². The van der Waals surface area contributed by atoms with Gasteiger partial charge in [-0.25, -0.2) is 4.98 Å². The van der Waals surface area contributed by atoms with Crippen molar-refractivity contribution < 1.29 is 14.4 Å². The normalized spacial score (nSPS) is 9.95. The summed E-state index contributed by atoms with van der Waals surface area (Å²) >= 11 is 0. The van der Waals surface area contributed by atoms with Gasteiger partial charge in [-0.3, -0.25) is 10.1 Å². The Morgan fingerprint density at radius 2 is 2.05 bits per heavy atom. The van der Waals surface area contributed by atoms with Gasteiger partial charge >= 0.3 is 0 Å². The van der Waals surface area contributed by atoms with E-state index in [0.29, 0.717) is 17.2 Å². The predicted octanol–water partition coefficient (Wildman–Crippen LogP) is 2.37. The highest BCUT2D eigenvalue weighted by molar-refractivity contribution is 5.52. The molecular formula is C12H11N3O4. The second kappa shape index (κ2) is 5.21. The highest BCUT2D eigenvalue weighted by atomic mass is 16.6. The summed E-state index contributed by atoms with van der Waals surface area (Å²) in [6.45, 7) is 0. The standard InChI is InChI=1S/C12H11N3O4/c1-18-11-6-8(13)2-4-10(11)19-12-5-3-9(7-14-12)15(16)17/h2-7H,13H2,1H3. The Hall–Kier alpha value is -2.83. The summed E-state index contributed by atoms with van der Waals surface area (Å²) in [4.78, 5) is 13.8. The van der Waals surface area contributed by atoms with Gasteiger partial charge in [0.05, 0.1) is 12.0 Å². The average Bonchev–Trinajstić information content (AvgIpc) is 2.41. The number of nitro groups is 1. The molecule has 0 amide bonds. The third-order valence-corrected chi connectivity index (χ3v) is 2.33. The average molecular weight is 261 g/mol. The number of aromatic nitrogens is 1. The van der Waals surface area contributed by atoms with Crippen molar-refractivity contribution in [2.75, 3.05) is 12.8 Å². The van der Waals surface area contributed by atoms with Gasteiger partial charge in [0.1, 0.15) is 6.20 Å². The second-order valence-corrected chi connectivity index (χ2v) is 3.62. The predicted molar refractivity (Wildman–Crippen MR) is 68.4 cm³/mol. The molecule has 0 fully saturated rings. The fraction of sp³-hybridized carbons (Fsp3) is 0.0833. The number of nitrogens with zero attached hydrogens (tertiary/aromatic N) is 2. The molecule has 2 rings (SSSR count). The van der Waals surface area contributed by atoms with Crippen LogP contribution in [-0.2, 0) is 0 Å². The molecule has 0 aliphatic carbocycles. The topological polar surface area (TPSA) is 101 Å². The van der Waals surface area contributed by atoms with E-state index in [0.717, 1.165) is 6.20 Å². The SMILES string of the molecule is COc1cc(N)ccc1Oc1ccc([N+](=O)[O-])cn1. The maximum absolute atomic E-state index is 10.5. The van der Waals surface area contributed by atoms with Crippen molar-refractivity contribution in [2.45, 2.75) is 0 Å². The molecule has 0 saturated carbocycles. The number of hydrogen-bond donors (Lipinski definition) is 1. The molecule has 1 aromatic heterocycles. The lowest BCUT2D eigenvalue weighted by Gasteiger charge is -2.09. The molecule has 0 radical (unpaired) electrons. The Morgan fingerprint density at radius 1 is 1.26 bits per heavy atom. The molecule has 0 aliphatic rings. The number of methoxy groups -OCH3 is 1. The van der Waals surface area contributed by atoms with Crippen LogP contribution in [0.2, 0.25) is 0 Å². The molecule has 19 heavy (non-hydrogen) atoms. The zero-order chi connectivity index (χ0) is 13.8. The highest BCUT2D eigenvalue weighted by Gasteiger charge is 2.09. The third kappa shape index (κ3) is 2.89. The first-order valence-electron chi connectivity index (χ1n) is 5.32. The van der Waals surface area contributed by atoms with Crippen molar-refractivity contribution in [2.24, 2.45) is 0 Å². The van der Waals surface area contributed by atoms with Crippen LogP contribution < -0.4 is 15.2 Å². The van der Waals surface area contributed by atoms with E-state index in [1.54, 1.807) is 18.2 Å². The maximum Gasteiger partial charge on any atom is 0.287 e. The molecule has 1 aromatic carbocycles. The number of pyridine rings is 1. The van der Waals surface area contributed by atoms with Crippen LogP contribution in [0.5, 0.6) is 17.4 Å². The first-order chi connectivity index (χ1) is 9.10. The number of nitrogen functional groups attached to an aromatic ring is 1. The molecule has 0 bridgehead atoms. The quantitative estimate of drug-likeness (QED) is 0.515. The molecule has 0 saturated heterocycles. The Bertz CT molecular complexity index is 598. The van der Waals surface area contributed by atoms with Crippen molar-refractivity contribution in [3.8, 4) is 17.4 Å². The number of rotatable bonds is 4. The van der Waals surface area contributed by atoms with Crippen LogP contribution in [0, 0.1) is 10.1 Å². The van der Waals surface area contributed by atoms with Crippen LogP contribution in [0.4, 0.5) is 11.4 Å². The van der Waals surface area contributed by atoms with E-state index in [1.165, 1.54) is 19.2 Å². The van der Waals surface area contributed by atoms with Gasteiger partial charge in [-0.15, -0.1) is 0 Å². The molecule has 2 N–H and O–H groups in total. The van der Waals surface area contributed by atoms with E-state index >= 15 is 0 Å². The molecule has 1 heterocycles. The van der Waals surface area contributed by atoms with Gasteiger partial charge in [0, 0.05) is 23.9 Å². The molecule has 0 unspecified atom stereocenters. The van der Waals surface area contributed by atoms with E-state index in [2.05, 4.69) is 4.98 Å². The first-order valence-corrected chi connectivity index (χ1v) is 5.32. The van der Waals surface area contributed by atoms with E-state index in [1.807, 2.05) is 0 Å². The summed E-state index contributed by atoms with van der Waals surface area (Å²) in [5, 5.41) is 10.5. The summed E-state index contributed by atoms with van der Waals surface area (Å²) in [5.41, 5.74) is 6.07. The summed E-state index contributed by atoms with van der Waals surface area (Å²) in [6.07, 6.45) is 1.12. The van der Waals surface area contributed by atoms with Gasteiger partial charge in [-0.2, -0.15) is 0 Å². The van der Waals surface area contributed by atoms with E-state index in [-0.39, 0.29) is 11.6 Å². The Morgan fingerprint density at radius 3 is 2.63 bits per heavy atom. The minimum atomic E-state index is -0.527. The van der Waals surface area contributed by atoms with Crippen LogP contribution in [-0.4, -0.2) is 17.0 Å². The highest BCUT2D eigenvalue weighted by Crippen LogP contribution is 2.32. The van der Waals surface area contributed by atoms with Crippen LogP contribution in [0.3, 0.4) is 0 Å². The molecule has 2 aromatic rings. The van der Waals surface area contributed by atoms with Gasteiger partial charge in [0.15, 0.2) is 11.5 Å². The number of ether oxygens (including phenoxy) is 2. The fourth-order valence-electron chi connectivity index (χ4n) is 1.42. The van der Waals surface area contributed by atoms with Crippen molar-refractivity contribution in [3.05, 3.63) is 46.6 Å². The summed E-state index contributed by atoms with van der Waals surface area (Å²) < 4.78 is 10.6. The summed E-state index contributed by atoms with van der Waals surface area (Å²) in [6, 6.07) is 7.63. The molecular weight excluding hydrogens is 250 g/mol. The van der Waals surface area contributed by atoms with Crippen LogP contribution in [0.25, 0.3) is 0 Å². The monoisotopic (exact) mass is 261 g/mol. The van der Waals surface area contributed by atoms with Crippen LogP contribution >= 0.6 is 0 Å². The lowest BCUT2D eigenvalue weighted by molar-refractivity contribution is -0.385. The zero-order valence-electron chi connectivity index (χ0n) is 10.1. The third-order valence-electron chi connectivity index (χ3n) is 2.33. The Labute approximate surface area is 108 Å². The Kier molecular flexibility index (Phi) is 3.46. The molecule has 0 atom stereocenters. The summed E-state index contributed by atoms with van der Waals surface area (Å²) in [7, 11) is 1.49. The number of hydrogen-bond acceptors (Lipinski definition) is 6. The summed E-state index contributed by atoms with van der Waals surface area (Å²) in [5.74, 6) is 1.12. The van der Waals surface area contributed by atoms with Gasteiger partial charge in [0.2, 0.25) is 5.88 Å². The van der Waals surface area contributed by atoms with E-state index < -0.39 is 4.92 Å². The molecule has 0 aliphatic heterocycles. The molecule has 0 spiro atoms.